The Hall–Kier alpha value is -3.15. The van der Waals surface area contributed by atoms with Crippen LogP contribution in [0.2, 0.25) is 0 Å². The topological polar surface area (TPSA) is 79.2 Å². The Balaban J connectivity index is 1.85. The number of carboxylic acids is 1. The van der Waals surface area contributed by atoms with E-state index >= 15 is 0 Å². The Kier molecular flexibility index (Phi) is 5.02. The van der Waals surface area contributed by atoms with Crippen LogP contribution < -0.4 is 0 Å². The van der Waals surface area contributed by atoms with Crippen LogP contribution in [0.4, 0.5) is 0 Å². The zero-order chi connectivity index (χ0) is 18.7. The predicted molar refractivity (Wildman–Crippen MR) is 98.1 cm³/mol. The number of aryl methyl sites for hydroxylation is 1. The van der Waals surface area contributed by atoms with Gasteiger partial charge < -0.3 is 14.8 Å². The average Bonchev–Trinajstić information content (AvgIpc) is 3.06. The van der Waals surface area contributed by atoms with Gasteiger partial charge in [-0.2, -0.15) is 0 Å². The molecule has 2 aromatic carbocycles. The normalized spacial score (nSPS) is 18.2. The van der Waals surface area contributed by atoms with Gasteiger partial charge in [0.05, 0.1) is 12.3 Å². The highest BCUT2D eigenvalue weighted by Crippen LogP contribution is 2.25. The third-order valence-corrected chi connectivity index (χ3v) is 4.51. The van der Waals surface area contributed by atoms with Crippen molar-refractivity contribution in [3.05, 3.63) is 59.7 Å². The lowest BCUT2D eigenvalue weighted by atomic mass is 9.99. The van der Waals surface area contributed by atoms with E-state index < -0.39 is 12.0 Å². The quantitative estimate of drug-likeness (QED) is 0.858. The molecule has 1 aliphatic heterocycles. The molecule has 1 N–H and O–H groups in total. The fourth-order valence-corrected chi connectivity index (χ4v) is 3.19. The Labute approximate surface area is 151 Å². The molecule has 0 spiro atoms. The van der Waals surface area contributed by atoms with E-state index in [0.717, 1.165) is 16.7 Å². The zero-order valence-corrected chi connectivity index (χ0v) is 14.7. The van der Waals surface area contributed by atoms with Crippen molar-refractivity contribution in [1.82, 2.24) is 4.90 Å². The molecule has 3 rings (SSSR count). The standard InChI is InChI=1S/C20H20N2O4/c1-13-5-3-4-6-17(13)14-7-9-15(10-8-14)19(23)22-12-16(21-26-2)11-18(22)20(24)25/h3-10,18H,11-12H2,1-2H3,(H,24,25)/b21-16+. The second-order valence-corrected chi connectivity index (χ2v) is 6.22. The number of carbonyl (C=O) groups excluding carboxylic acids is 1. The number of aliphatic carboxylic acids is 1. The van der Waals surface area contributed by atoms with Gasteiger partial charge in [0.2, 0.25) is 0 Å². The predicted octanol–water partition coefficient (Wildman–Crippen LogP) is 2.96. The van der Waals surface area contributed by atoms with E-state index in [2.05, 4.69) is 5.16 Å². The second kappa shape index (κ2) is 7.39. The number of benzene rings is 2. The molecule has 26 heavy (non-hydrogen) atoms. The lowest BCUT2D eigenvalue weighted by molar-refractivity contribution is -0.141. The zero-order valence-electron chi connectivity index (χ0n) is 14.7. The highest BCUT2D eigenvalue weighted by Gasteiger charge is 2.38. The molecule has 1 atom stereocenters. The maximum atomic E-state index is 12.8. The minimum Gasteiger partial charge on any atom is -0.480 e. The summed E-state index contributed by atoms with van der Waals surface area (Å²) in [4.78, 5) is 30.3. The number of hydrogen-bond donors (Lipinski definition) is 1. The molecule has 2 aromatic rings. The molecule has 1 unspecified atom stereocenters. The molecule has 6 heteroatoms. The van der Waals surface area contributed by atoms with Crippen LogP contribution in [0, 0.1) is 6.92 Å². The number of amides is 1. The van der Waals surface area contributed by atoms with Crippen molar-refractivity contribution >= 4 is 17.6 Å². The molecule has 0 aromatic heterocycles. The number of nitrogens with zero attached hydrogens (tertiary/aromatic N) is 2. The number of likely N-dealkylation sites (tertiary alicyclic amines) is 1. The summed E-state index contributed by atoms with van der Waals surface area (Å²) in [6, 6.07) is 14.3. The Morgan fingerprint density at radius 2 is 1.85 bits per heavy atom. The fraction of sp³-hybridized carbons (Fsp3) is 0.250. The van der Waals surface area contributed by atoms with E-state index in [1.165, 1.54) is 12.0 Å². The summed E-state index contributed by atoms with van der Waals surface area (Å²) in [5.74, 6) is -1.37. The highest BCUT2D eigenvalue weighted by atomic mass is 16.6. The first-order chi connectivity index (χ1) is 12.5. The van der Waals surface area contributed by atoms with Crippen LogP contribution >= 0.6 is 0 Å². The first kappa shape index (κ1) is 17.7. The van der Waals surface area contributed by atoms with Gasteiger partial charge in [0.25, 0.3) is 5.91 Å². The molecule has 0 bridgehead atoms. The van der Waals surface area contributed by atoms with Crippen molar-refractivity contribution in [3.63, 3.8) is 0 Å². The van der Waals surface area contributed by atoms with E-state index in [9.17, 15) is 14.7 Å². The SMILES string of the molecule is CO/N=C1\CC(C(=O)O)N(C(=O)c2ccc(-c3ccccc3C)cc2)C1. The number of carbonyl (C=O) groups is 2. The van der Waals surface area contributed by atoms with Crippen LogP contribution in [0.1, 0.15) is 22.3 Å². The molecule has 1 amide bonds. The summed E-state index contributed by atoms with van der Waals surface area (Å²) in [5, 5.41) is 13.2. The lowest BCUT2D eigenvalue weighted by Gasteiger charge is -2.20. The van der Waals surface area contributed by atoms with Crippen LogP contribution in [0.15, 0.2) is 53.7 Å². The average molecular weight is 352 g/mol. The minimum absolute atomic E-state index is 0.156. The Bertz CT molecular complexity index is 858. The summed E-state index contributed by atoms with van der Waals surface area (Å²) in [7, 11) is 1.40. The van der Waals surface area contributed by atoms with Crippen LogP contribution in [0.3, 0.4) is 0 Å². The van der Waals surface area contributed by atoms with E-state index in [0.29, 0.717) is 11.3 Å². The van der Waals surface area contributed by atoms with Gasteiger partial charge in [-0.25, -0.2) is 4.79 Å². The maximum Gasteiger partial charge on any atom is 0.326 e. The van der Waals surface area contributed by atoms with Crippen molar-refractivity contribution in [2.45, 2.75) is 19.4 Å². The summed E-state index contributed by atoms with van der Waals surface area (Å²) < 4.78 is 0. The summed E-state index contributed by atoms with van der Waals surface area (Å²) in [6.07, 6.45) is 0.177. The Morgan fingerprint density at radius 3 is 2.46 bits per heavy atom. The second-order valence-electron chi connectivity index (χ2n) is 6.22. The molecular formula is C20H20N2O4. The lowest BCUT2D eigenvalue weighted by Crippen LogP contribution is -2.40. The molecule has 134 valence electrons. The molecule has 0 saturated carbocycles. The number of rotatable bonds is 4. The van der Waals surface area contributed by atoms with Gasteiger partial charge in [0.1, 0.15) is 13.2 Å². The summed E-state index contributed by atoms with van der Waals surface area (Å²) in [5.41, 5.74) is 4.26. The number of oxime groups is 1. The van der Waals surface area contributed by atoms with E-state index in [-0.39, 0.29) is 18.9 Å². The Morgan fingerprint density at radius 1 is 1.15 bits per heavy atom. The molecule has 1 heterocycles. The van der Waals surface area contributed by atoms with Crippen LogP contribution in [-0.2, 0) is 9.63 Å². The smallest absolute Gasteiger partial charge is 0.326 e. The van der Waals surface area contributed by atoms with Gasteiger partial charge in [0.15, 0.2) is 0 Å². The first-order valence-corrected chi connectivity index (χ1v) is 8.30. The van der Waals surface area contributed by atoms with Crippen LogP contribution in [-0.4, -0.2) is 47.3 Å². The first-order valence-electron chi connectivity index (χ1n) is 8.30. The minimum atomic E-state index is -1.05. The number of carboxylic acid groups (broad SMARTS) is 1. The molecule has 0 radical (unpaired) electrons. The van der Waals surface area contributed by atoms with Crippen molar-refractivity contribution in [2.75, 3.05) is 13.7 Å². The van der Waals surface area contributed by atoms with Gasteiger partial charge in [0, 0.05) is 12.0 Å². The van der Waals surface area contributed by atoms with E-state index in [4.69, 9.17) is 4.84 Å². The molecule has 0 aliphatic carbocycles. The van der Waals surface area contributed by atoms with E-state index in [1.54, 1.807) is 12.1 Å². The third kappa shape index (κ3) is 3.44. The van der Waals surface area contributed by atoms with Gasteiger partial charge in [-0.1, -0.05) is 41.6 Å². The largest absolute Gasteiger partial charge is 0.480 e. The fourth-order valence-electron chi connectivity index (χ4n) is 3.19. The summed E-state index contributed by atoms with van der Waals surface area (Å²) in [6.45, 7) is 2.19. The molecule has 1 aliphatic rings. The monoisotopic (exact) mass is 352 g/mol. The van der Waals surface area contributed by atoms with Crippen molar-refractivity contribution in [1.29, 1.82) is 0 Å². The van der Waals surface area contributed by atoms with Gasteiger partial charge in [-0.15, -0.1) is 0 Å². The molecule has 1 fully saturated rings. The van der Waals surface area contributed by atoms with E-state index in [1.807, 2.05) is 43.3 Å². The van der Waals surface area contributed by atoms with Gasteiger partial charge in [-0.05, 0) is 35.7 Å². The molecule has 1 saturated heterocycles. The number of hydrogen-bond acceptors (Lipinski definition) is 4. The van der Waals surface area contributed by atoms with Gasteiger partial charge >= 0.3 is 5.97 Å². The maximum absolute atomic E-state index is 12.8. The third-order valence-electron chi connectivity index (χ3n) is 4.51. The molecular weight excluding hydrogens is 332 g/mol. The molecule has 6 nitrogen and oxygen atoms in total. The summed E-state index contributed by atoms with van der Waals surface area (Å²) >= 11 is 0. The van der Waals surface area contributed by atoms with Crippen molar-refractivity contribution in [3.8, 4) is 11.1 Å². The van der Waals surface area contributed by atoms with Crippen LogP contribution in [0.25, 0.3) is 11.1 Å². The van der Waals surface area contributed by atoms with Gasteiger partial charge in [-0.3, -0.25) is 4.79 Å². The van der Waals surface area contributed by atoms with Crippen molar-refractivity contribution < 1.29 is 19.5 Å². The highest BCUT2D eigenvalue weighted by molar-refractivity contribution is 6.04. The van der Waals surface area contributed by atoms with Crippen LogP contribution in [0.5, 0.6) is 0 Å². The van der Waals surface area contributed by atoms with Crippen molar-refractivity contribution in [2.24, 2.45) is 5.16 Å².